The standard InChI is InChI=1S/C25H31ClN4O4/c1-16(2)21-15-34-22-10-9-18(26)13-19(22)24(32)27-11-4-5-12-30(14-23(31)29-21)25(33)20-8-6-7-17(3)28-20/h6-10,13,16,21H,4-5,11-12,14-15H2,1-3H3,(H,27,32)(H,29,31)/t21-/m1/s1. The largest absolute Gasteiger partial charge is 0.491 e. The number of pyridine rings is 1. The normalized spacial score (nSPS) is 18.1. The van der Waals surface area contributed by atoms with Crippen molar-refractivity contribution in [3.8, 4) is 5.75 Å². The van der Waals surface area contributed by atoms with Crippen LogP contribution in [0.15, 0.2) is 36.4 Å². The van der Waals surface area contributed by atoms with E-state index in [9.17, 15) is 14.4 Å². The van der Waals surface area contributed by atoms with Crippen LogP contribution in [0.2, 0.25) is 5.02 Å². The first kappa shape index (κ1) is 25.5. The molecule has 1 aromatic carbocycles. The van der Waals surface area contributed by atoms with Gasteiger partial charge in [0, 0.05) is 23.8 Å². The van der Waals surface area contributed by atoms with Gasteiger partial charge in [0.15, 0.2) is 0 Å². The van der Waals surface area contributed by atoms with Gasteiger partial charge in [0.25, 0.3) is 11.8 Å². The van der Waals surface area contributed by atoms with Gasteiger partial charge in [0.05, 0.1) is 18.2 Å². The number of amides is 3. The fourth-order valence-corrected chi connectivity index (χ4v) is 3.79. The predicted molar refractivity (Wildman–Crippen MR) is 130 cm³/mol. The summed E-state index contributed by atoms with van der Waals surface area (Å²) >= 11 is 6.11. The Morgan fingerprint density at radius 3 is 2.74 bits per heavy atom. The van der Waals surface area contributed by atoms with E-state index < -0.39 is 0 Å². The van der Waals surface area contributed by atoms with Gasteiger partial charge in [-0.15, -0.1) is 0 Å². The Kier molecular flexibility index (Phi) is 8.87. The van der Waals surface area contributed by atoms with Gasteiger partial charge >= 0.3 is 0 Å². The second-order valence-electron chi connectivity index (χ2n) is 8.72. The van der Waals surface area contributed by atoms with Crippen molar-refractivity contribution in [2.45, 2.75) is 39.7 Å². The van der Waals surface area contributed by atoms with Crippen molar-refractivity contribution in [1.82, 2.24) is 20.5 Å². The molecule has 34 heavy (non-hydrogen) atoms. The van der Waals surface area contributed by atoms with Crippen molar-refractivity contribution in [3.05, 3.63) is 58.4 Å². The molecule has 0 spiro atoms. The lowest BCUT2D eigenvalue weighted by Crippen LogP contribution is -2.48. The number of ether oxygens (including phenoxy) is 1. The lowest BCUT2D eigenvalue weighted by atomic mass is 10.1. The van der Waals surface area contributed by atoms with E-state index >= 15 is 0 Å². The third-order valence-corrected chi connectivity index (χ3v) is 5.86. The number of nitrogens with one attached hydrogen (secondary N) is 2. The molecule has 2 N–H and O–H groups in total. The number of rotatable bonds is 2. The summed E-state index contributed by atoms with van der Waals surface area (Å²) in [5.74, 6) is -0.393. The molecule has 0 radical (unpaired) electrons. The number of aromatic nitrogens is 1. The van der Waals surface area contributed by atoms with E-state index in [1.165, 1.54) is 4.90 Å². The van der Waals surface area contributed by atoms with Crippen molar-refractivity contribution >= 4 is 29.3 Å². The fourth-order valence-electron chi connectivity index (χ4n) is 3.61. The zero-order valence-corrected chi connectivity index (χ0v) is 20.5. The number of halogens is 1. The maximum absolute atomic E-state index is 13.1. The highest BCUT2D eigenvalue weighted by molar-refractivity contribution is 6.31. The fraction of sp³-hybridized carbons (Fsp3) is 0.440. The number of aryl methyl sites for hydroxylation is 1. The van der Waals surface area contributed by atoms with Gasteiger partial charge in [-0.3, -0.25) is 14.4 Å². The third kappa shape index (κ3) is 6.93. The number of fused-ring (bicyclic) bond motifs is 1. The molecule has 8 nitrogen and oxygen atoms in total. The summed E-state index contributed by atoms with van der Waals surface area (Å²) in [6, 6.07) is 9.81. The maximum atomic E-state index is 13.1. The molecule has 1 atom stereocenters. The van der Waals surface area contributed by atoms with Crippen molar-refractivity contribution in [2.24, 2.45) is 5.92 Å². The molecule has 0 saturated carbocycles. The maximum Gasteiger partial charge on any atom is 0.272 e. The zero-order valence-electron chi connectivity index (χ0n) is 19.8. The lowest BCUT2D eigenvalue weighted by molar-refractivity contribution is -0.123. The first-order valence-corrected chi connectivity index (χ1v) is 11.8. The summed E-state index contributed by atoms with van der Waals surface area (Å²) in [7, 11) is 0. The van der Waals surface area contributed by atoms with Crippen LogP contribution in [-0.2, 0) is 4.79 Å². The number of benzene rings is 1. The Labute approximate surface area is 205 Å². The van der Waals surface area contributed by atoms with E-state index in [0.717, 1.165) is 5.69 Å². The molecule has 0 fully saturated rings. The van der Waals surface area contributed by atoms with Crippen LogP contribution in [0.4, 0.5) is 0 Å². The number of hydrogen-bond donors (Lipinski definition) is 2. The third-order valence-electron chi connectivity index (χ3n) is 5.63. The highest BCUT2D eigenvalue weighted by Gasteiger charge is 2.24. The van der Waals surface area contributed by atoms with Crippen molar-refractivity contribution in [1.29, 1.82) is 0 Å². The molecule has 0 bridgehead atoms. The minimum Gasteiger partial charge on any atom is -0.491 e. The van der Waals surface area contributed by atoms with Crippen molar-refractivity contribution in [2.75, 3.05) is 26.2 Å². The first-order chi connectivity index (χ1) is 16.2. The molecule has 1 aliphatic heterocycles. The molecule has 3 rings (SSSR count). The minimum atomic E-state index is -0.321. The smallest absolute Gasteiger partial charge is 0.272 e. The van der Waals surface area contributed by atoms with Crippen molar-refractivity contribution < 1.29 is 19.1 Å². The van der Waals surface area contributed by atoms with Gasteiger partial charge in [-0.2, -0.15) is 0 Å². The molecular formula is C25H31ClN4O4. The van der Waals surface area contributed by atoms with Crippen LogP contribution in [0.1, 0.15) is 53.2 Å². The van der Waals surface area contributed by atoms with E-state index in [1.54, 1.807) is 30.3 Å². The van der Waals surface area contributed by atoms with Crippen LogP contribution in [0, 0.1) is 12.8 Å². The van der Waals surface area contributed by atoms with Crippen LogP contribution in [0.5, 0.6) is 5.75 Å². The van der Waals surface area contributed by atoms with Gasteiger partial charge in [0.2, 0.25) is 5.91 Å². The predicted octanol–water partition coefficient (Wildman–Crippen LogP) is 3.23. The monoisotopic (exact) mass is 486 g/mol. The molecule has 1 aliphatic rings. The van der Waals surface area contributed by atoms with Gasteiger partial charge in [-0.05, 0) is 56.0 Å². The van der Waals surface area contributed by atoms with Gasteiger partial charge in [-0.25, -0.2) is 4.98 Å². The molecule has 1 aromatic heterocycles. The first-order valence-electron chi connectivity index (χ1n) is 11.5. The van der Waals surface area contributed by atoms with Crippen LogP contribution >= 0.6 is 11.6 Å². The Hall–Kier alpha value is -3.13. The highest BCUT2D eigenvalue weighted by atomic mass is 35.5. The second kappa shape index (κ2) is 11.8. The number of carbonyl (C=O) groups is 3. The molecule has 9 heteroatoms. The van der Waals surface area contributed by atoms with Gasteiger partial charge in [-0.1, -0.05) is 31.5 Å². The van der Waals surface area contributed by atoms with Gasteiger partial charge in [0.1, 0.15) is 18.1 Å². The minimum absolute atomic E-state index is 0.0619. The average molecular weight is 487 g/mol. The van der Waals surface area contributed by atoms with E-state index in [2.05, 4.69) is 15.6 Å². The van der Waals surface area contributed by atoms with Crippen LogP contribution in [0.3, 0.4) is 0 Å². The zero-order chi connectivity index (χ0) is 24.7. The highest BCUT2D eigenvalue weighted by Crippen LogP contribution is 2.24. The second-order valence-corrected chi connectivity index (χ2v) is 9.16. The summed E-state index contributed by atoms with van der Waals surface area (Å²) in [6.07, 6.45) is 1.24. The molecule has 0 aliphatic carbocycles. The summed E-state index contributed by atoms with van der Waals surface area (Å²) in [4.78, 5) is 44.6. The summed E-state index contributed by atoms with van der Waals surface area (Å²) in [5.41, 5.74) is 1.38. The van der Waals surface area contributed by atoms with E-state index in [0.29, 0.717) is 48.0 Å². The van der Waals surface area contributed by atoms with E-state index in [1.807, 2.05) is 26.8 Å². The number of nitrogens with zero attached hydrogens (tertiary/aromatic N) is 2. The number of hydrogen-bond acceptors (Lipinski definition) is 5. The summed E-state index contributed by atoms with van der Waals surface area (Å²) in [5, 5.41) is 6.30. The lowest BCUT2D eigenvalue weighted by Gasteiger charge is -2.26. The molecule has 2 aromatic rings. The summed E-state index contributed by atoms with van der Waals surface area (Å²) < 4.78 is 5.94. The molecular weight excluding hydrogens is 456 g/mol. The van der Waals surface area contributed by atoms with E-state index in [-0.39, 0.29) is 42.8 Å². The molecule has 2 heterocycles. The summed E-state index contributed by atoms with van der Waals surface area (Å²) in [6.45, 7) is 6.61. The van der Waals surface area contributed by atoms with Gasteiger partial charge < -0.3 is 20.3 Å². The Morgan fingerprint density at radius 2 is 2.00 bits per heavy atom. The average Bonchev–Trinajstić information content (AvgIpc) is 2.80. The SMILES string of the molecule is Cc1cccc(C(=O)N2CCCCNC(=O)c3cc(Cl)ccc3OC[C@H](C(C)C)NC(=O)C2)n1. The topological polar surface area (TPSA) is 101 Å². The van der Waals surface area contributed by atoms with Crippen molar-refractivity contribution in [3.63, 3.8) is 0 Å². The van der Waals surface area contributed by atoms with E-state index in [4.69, 9.17) is 16.3 Å². The molecule has 182 valence electrons. The van der Waals surface area contributed by atoms with Crippen LogP contribution in [-0.4, -0.2) is 59.9 Å². The molecule has 0 unspecified atom stereocenters. The van der Waals surface area contributed by atoms with Crippen LogP contribution < -0.4 is 15.4 Å². The Balaban J connectivity index is 1.82. The Bertz CT molecular complexity index is 1040. The molecule has 3 amide bonds. The molecule has 0 saturated heterocycles. The Morgan fingerprint density at radius 1 is 1.21 bits per heavy atom. The van der Waals surface area contributed by atoms with Crippen LogP contribution in [0.25, 0.3) is 0 Å². The quantitative estimate of drug-likeness (QED) is 0.678. The number of carbonyl (C=O) groups excluding carboxylic acids is 3.